The highest BCUT2D eigenvalue weighted by Gasteiger charge is 2.26. The first-order valence-corrected chi connectivity index (χ1v) is 9.41. The number of fused-ring (bicyclic) bond motifs is 1. The van der Waals surface area contributed by atoms with Crippen molar-refractivity contribution < 1.29 is 19.1 Å². The summed E-state index contributed by atoms with van der Waals surface area (Å²) in [5, 5.41) is 2.85. The van der Waals surface area contributed by atoms with Crippen LogP contribution in [-0.4, -0.2) is 36.4 Å². The molecule has 3 aromatic rings. The molecule has 2 heterocycles. The summed E-state index contributed by atoms with van der Waals surface area (Å²) in [7, 11) is 1.31. The molecule has 1 N–H and O–H groups in total. The highest BCUT2D eigenvalue weighted by Crippen LogP contribution is 2.32. The van der Waals surface area contributed by atoms with Gasteiger partial charge in [-0.3, -0.25) is 14.6 Å². The van der Waals surface area contributed by atoms with Gasteiger partial charge >= 0.3 is 5.97 Å². The average Bonchev–Trinajstić information content (AvgIpc) is 3.22. The van der Waals surface area contributed by atoms with Gasteiger partial charge in [-0.05, 0) is 60.5 Å². The van der Waals surface area contributed by atoms with E-state index in [0.717, 1.165) is 17.7 Å². The van der Waals surface area contributed by atoms with Crippen LogP contribution in [0.1, 0.15) is 36.6 Å². The van der Waals surface area contributed by atoms with E-state index in [1.807, 2.05) is 18.2 Å². The number of carbonyl (C=O) groups excluding carboxylic acids is 3. The molecule has 1 aliphatic rings. The Morgan fingerprint density at radius 3 is 2.33 bits per heavy atom. The largest absolute Gasteiger partial charge is 0.465 e. The number of hydrogen-bond acceptors (Lipinski definition) is 5. The predicted molar refractivity (Wildman–Crippen MR) is 112 cm³/mol. The van der Waals surface area contributed by atoms with E-state index in [4.69, 9.17) is 0 Å². The van der Waals surface area contributed by atoms with E-state index >= 15 is 0 Å². The molecule has 0 saturated carbocycles. The number of nitrogens with one attached hydrogen (secondary N) is 1. The van der Waals surface area contributed by atoms with E-state index in [2.05, 4.69) is 15.0 Å². The van der Waals surface area contributed by atoms with Crippen molar-refractivity contribution in [2.75, 3.05) is 23.9 Å². The molecular weight excluding hydrogens is 382 g/mol. The number of anilines is 2. The minimum absolute atomic E-state index is 0.0991. The molecule has 150 valence electrons. The second-order valence-electron chi connectivity index (χ2n) is 6.81. The third-order valence-corrected chi connectivity index (χ3v) is 4.98. The molecule has 30 heavy (non-hydrogen) atoms. The first-order valence-electron chi connectivity index (χ1n) is 9.41. The molecule has 7 heteroatoms. The smallest absolute Gasteiger partial charge is 0.337 e. The van der Waals surface area contributed by atoms with Gasteiger partial charge in [0.1, 0.15) is 0 Å². The monoisotopic (exact) mass is 401 g/mol. The number of aromatic nitrogens is 1. The fraction of sp³-hybridized carbons (Fsp3) is 0.130. The predicted octanol–water partition coefficient (Wildman–Crippen LogP) is 3.32. The van der Waals surface area contributed by atoms with Crippen LogP contribution in [0.25, 0.3) is 0 Å². The topological polar surface area (TPSA) is 88.6 Å². The van der Waals surface area contributed by atoms with Crippen LogP contribution < -0.4 is 10.2 Å². The number of ether oxygens (including phenoxy) is 1. The minimum Gasteiger partial charge on any atom is -0.465 e. The summed E-state index contributed by atoms with van der Waals surface area (Å²) in [5.74, 6) is -0.867. The Balaban J connectivity index is 1.52. The van der Waals surface area contributed by atoms with Crippen LogP contribution in [0.3, 0.4) is 0 Å². The van der Waals surface area contributed by atoms with Gasteiger partial charge in [-0.15, -0.1) is 0 Å². The minimum atomic E-state index is -0.459. The Bertz CT molecular complexity index is 1110. The van der Waals surface area contributed by atoms with Gasteiger partial charge in [-0.25, -0.2) is 4.79 Å². The van der Waals surface area contributed by atoms with Crippen LogP contribution in [0.5, 0.6) is 0 Å². The Morgan fingerprint density at radius 2 is 1.63 bits per heavy atom. The third kappa shape index (κ3) is 3.77. The molecule has 4 rings (SSSR count). The number of hydrogen-bond donors (Lipinski definition) is 1. The standard InChI is InChI=1S/C23H19N3O4/c1-30-23(29)18-4-2-16(3-5-18)21(27)25-19-7-6-15-10-13-26(20(15)14-19)22(28)17-8-11-24-12-9-17/h2-9,11-12,14H,10,13H2,1H3,(H,25,27). The van der Waals surface area contributed by atoms with Crippen molar-refractivity contribution in [1.82, 2.24) is 4.98 Å². The van der Waals surface area contributed by atoms with Crippen LogP contribution in [0.15, 0.2) is 67.0 Å². The van der Waals surface area contributed by atoms with Gasteiger partial charge in [0, 0.05) is 41.4 Å². The molecule has 2 amide bonds. The van der Waals surface area contributed by atoms with Crippen molar-refractivity contribution in [3.05, 3.63) is 89.2 Å². The van der Waals surface area contributed by atoms with Gasteiger partial charge in [0.05, 0.1) is 12.7 Å². The SMILES string of the molecule is COC(=O)c1ccc(C(=O)Nc2ccc3c(c2)N(C(=O)c2ccncc2)CC3)cc1. The lowest BCUT2D eigenvalue weighted by atomic mass is 10.1. The lowest BCUT2D eigenvalue weighted by Crippen LogP contribution is -2.28. The molecule has 0 saturated heterocycles. The maximum Gasteiger partial charge on any atom is 0.337 e. The number of amides is 2. The second-order valence-corrected chi connectivity index (χ2v) is 6.81. The molecular formula is C23H19N3O4. The second kappa shape index (κ2) is 8.16. The number of rotatable bonds is 4. The summed E-state index contributed by atoms with van der Waals surface area (Å²) in [6.45, 7) is 0.586. The normalized spacial score (nSPS) is 12.2. The first kappa shape index (κ1) is 19.3. The molecule has 1 aromatic heterocycles. The van der Waals surface area contributed by atoms with E-state index in [9.17, 15) is 14.4 Å². The van der Waals surface area contributed by atoms with Crippen molar-refractivity contribution >= 4 is 29.2 Å². The van der Waals surface area contributed by atoms with Crippen LogP contribution in [0.4, 0.5) is 11.4 Å². The highest BCUT2D eigenvalue weighted by atomic mass is 16.5. The maximum atomic E-state index is 12.8. The summed E-state index contributed by atoms with van der Waals surface area (Å²) >= 11 is 0. The highest BCUT2D eigenvalue weighted by molar-refractivity contribution is 6.08. The van der Waals surface area contributed by atoms with Crippen LogP contribution in [-0.2, 0) is 11.2 Å². The van der Waals surface area contributed by atoms with Gasteiger partial charge in [-0.2, -0.15) is 0 Å². The van der Waals surface area contributed by atoms with Crippen LogP contribution >= 0.6 is 0 Å². The number of nitrogens with zero attached hydrogens (tertiary/aromatic N) is 2. The Kier molecular flexibility index (Phi) is 5.26. The van der Waals surface area contributed by atoms with E-state index in [-0.39, 0.29) is 11.8 Å². The first-order chi connectivity index (χ1) is 14.6. The summed E-state index contributed by atoms with van der Waals surface area (Å²) in [6.07, 6.45) is 3.94. The quantitative estimate of drug-likeness (QED) is 0.678. The lowest BCUT2D eigenvalue weighted by molar-refractivity contribution is 0.0600. The number of carbonyl (C=O) groups is 3. The zero-order chi connectivity index (χ0) is 21.1. The zero-order valence-electron chi connectivity index (χ0n) is 16.3. The Morgan fingerprint density at radius 1 is 0.933 bits per heavy atom. The molecule has 2 aromatic carbocycles. The van der Waals surface area contributed by atoms with E-state index in [0.29, 0.717) is 28.9 Å². The van der Waals surface area contributed by atoms with Crippen LogP contribution in [0, 0.1) is 0 Å². The molecule has 0 radical (unpaired) electrons. The summed E-state index contributed by atoms with van der Waals surface area (Å²) in [5.41, 5.74) is 3.78. The number of pyridine rings is 1. The molecule has 1 aliphatic heterocycles. The Hall–Kier alpha value is -4.00. The molecule has 0 unspecified atom stereocenters. The summed E-state index contributed by atoms with van der Waals surface area (Å²) < 4.78 is 4.66. The molecule has 0 fully saturated rings. The molecule has 7 nitrogen and oxygen atoms in total. The van der Waals surface area contributed by atoms with Gasteiger partial charge in [0.25, 0.3) is 11.8 Å². The van der Waals surface area contributed by atoms with Gasteiger partial charge in [0.15, 0.2) is 0 Å². The van der Waals surface area contributed by atoms with Gasteiger partial charge in [0.2, 0.25) is 0 Å². The summed E-state index contributed by atoms with van der Waals surface area (Å²) in [4.78, 5) is 42.6. The van der Waals surface area contributed by atoms with Gasteiger partial charge < -0.3 is 15.0 Å². The maximum absolute atomic E-state index is 12.8. The third-order valence-electron chi connectivity index (χ3n) is 4.98. The van der Waals surface area contributed by atoms with E-state index in [1.165, 1.54) is 7.11 Å². The summed E-state index contributed by atoms with van der Waals surface area (Å²) in [6, 6.07) is 15.1. The molecule has 0 aliphatic carbocycles. The van der Waals surface area contributed by atoms with Crippen molar-refractivity contribution in [3.63, 3.8) is 0 Å². The van der Waals surface area contributed by atoms with E-state index < -0.39 is 5.97 Å². The van der Waals surface area contributed by atoms with Crippen molar-refractivity contribution in [2.24, 2.45) is 0 Å². The number of methoxy groups -OCH3 is 1. The molecule has 0 bridgehead atoms. The zero-order valence-corrected chi connectivity index (χ0v) is 16.3. The van der Waals surface area contributed by atoms with Gasteiger partial charge in [-0.1, -0.05) is 6.07 Å². The molecule has 0 atom stereocenters. The van der Waals surface area contributed by atoms with Crippen molar-refractivity contribution in [1.29, 1.82) is 0 Å². The lowest BCUT2D eigenvalue weighted by Gasteiger charge is -2.18. The van der Waals surface area contributed by atoms with Crippen LogP contribution in [0.2, 0.25) is 0 Å². The Labute approximate surface area is 173 Å². The average molecular weight is 401 g/mol. The fourth-order valence-corrected chi connectivity index (χ4v) is 3.40. The van der Waals surface area contributed by atoms with Crippen molar-refractivity contribution in [3.8, 4) is 0 Å². The van der Waals surface area contributed by atoms with Crippen molar-refractivity contribution in [2.45, 2.75) is 6.42 Å². The fourth-order valence-electron chi connectivity index (χ4n) is 3.40. The number of esters is 1. The molecule has 0 spiro atoms. The number of benzene rings is 2. The van der Waals surface area contributed by atoms with E-state index in [1.54, 1.807) is 53.7 Å².